The first kappa shape index (κ1) is 16.9. The Labute approximate surface area is 142 Å². The SMILES string of the molecule is CC(C)n1cnnc1C1CCCN(c2ccc(S(C)(=O)=O)cn2)C1. The van der Waals surface area contributed by atoms with E-state index in [2.05, 4.69) is 38.5 Å². The first-order valence-corrected chi connectivity index (χ1v) is 10.1. The van der Waals surface area contributed by atoms with E-state index >= 15 is 0 Å². The highest BCUT2D eigenvalue weighted by molar-refractivity contribution is 7.90. The Kier molecular flexibility index (Phi) is 4.58. The highest BCUT2D eigenvalue weighted by Gasteiger charge is 2.26. The van der Waals surface area contributed by atoms with Crippen LogP contribution in [0.15, 0.2) is 29.6 Å². The largest absolute Gasteiger partial charge is 0.356 e. The molecule has 2 aromatic heterocycles. The van der Waals surface area contributed by atoms with Gasteiger partial charge in [-0.1, -0.05) is 0 Å². The third kappa shape index (κ3) is 3.43. The molecule has 1 fully saturated rings. The molecule has 8 heteroatoms. The summed E-state index contributed by atoms with van der Waals surface area (Å²) < 4.78 is 25.2. The van der Waals surface area contributed by atoms with Crippen molar-refractivity contribution < 1.29 is 8.42 Å². The van der Waals surface area contributed by atoms with E-state index in [1.807, 2.05) is 0 Å². The first-order valence-electron chi connectivity index (χ1n) is 8.16. The summed E-state index contributed by atoms with van der Waals surface area (Å²) >= 11 is 0. The van der Waals surface area contributed by atoms with Gasteiger partial charge in [0.2, 0.25) is 0 Å². The Morgan fingerprint density at radius 3 is 2.71 bits per heavy atom. The molecular formula is C16H23N5O2S. The summed E-state index contributed by atoms with van der Waals surface area (Å²) in [5.74, 6) is 2.13. The summed E-state index contributed by atoms with van der Waals surface area (Å²) in [7, 11) is -3.21. The van der Waals surface area contributed by atoms with Gasteiger partial charge in [-0.05, 0) is 38.8 Å². The number of hydrogen-bond acceptors (Lipinski definition) is 6. The minimum atomic E-state index is -3.21. The Morgan fingerprint density at radius 1 is 1.29 bits per heavy atom. The molecule has 3 heterocycles. The molecule has 0 saturated carbocycles. The maximum atomic E-state index is 11.6. The van der Waals surface area contributed by atoms with Crippen LogP contribution in [0.25, 0.3) is 0 Å². The molecule has 0 aliphatic carbocycles. The summed E-state index contributed by atoms with van der Waals surface area (Å²) in [5.41, 5.74) is 0. The smallest absolute Gasteiger partial charge is 0.177 e. The summed E-state index contributed by atoms with van der Waals surface area (Å²) in [5, 5.41) is 8.39. The minimum Gasteiger partial charge on any atom is -0.356 e. The lowest BCUT2D eigenvalue weighted by atomic mass is 9.97. The summed E-state index contributed by atoms with van der Waals surface area (Å²) in [6, 6.07) is 3.74. The van der Waals surface area contributed by atoms with Crippen LogP contribution in [-0.2, 0) is 9.84 Å². The molecule has 24 heavy (non-hydrogen) atoms. The molecule has 0 bridgehead atoms. The number of pyridine rings is 1. The van der Waals surface area contributed by atoms with E-state index in [9.17, 15) is 8.42 Å². The van der Waals surface area contributed by atoms with Crippen molar-refractivity contribution in [2.24, 2.45) is 0 Å². The van der Waals surface area contributed by atoms with E-state index in [1.165, 1.54) is 12.5 Å². The molecule has 7 nitrogen and oxygen atoms in total. The Hall–Kier alpha value is -1.96. The van der Waals surface area contributed by atoms with Gasteiger partial charge in [0.15, 0.2) is 9.84 Å². The number of aromatic nitrogens is 4. The van der Waals surface area contributed by atoms with Crippen molar-refractivity contribution >= 4 is 15.7 Å². The molecule has 1 atom stereocenters. The number of nitrogens with zero attached hydrogens (tertiary/aromatic N) is 5. The number of anilines is 1. The molecule has 0 aromatic carbocycles. The molecule has 0 radical (unpaired) electrons. The van der Waals surface area contributed by atoms with Crippen LogP contribution in [-0.4, -0.2) is 47.5 Å². The average molecular weight is 349 g/mol. The summed E-state index contributed by atoms with van der Waals surface area (Å²) in [6.07, 6.45) is 6.54. The number of rotatable bonds is 4. The molecule has 130 valence electrons. The van der Waals surface area contributed by atoms with E-state index in [4.69, 9.17) is 0 Å². The lowest BCUT2D eigenvalue weighted by Crippen LogP contribution is -2.36. The molecule has 0 amide bonds. The fourth-order valence-corrected chi connectivity index (χ4v) is 3.68. The second-order valence-corrected chi connectivity index (χ2v) is 8.62. The topological polar surface area (TPSA) is 81.0 Å². The van der Waals surface area contributed by atoms with Gasteiger partial charge in [-0.3, -0.25) is 0 Å². The lowest BCUT2D eigenvalue weighted by molar-refractivity contribution is 0.453. The maximum Gasteiger partial charge on any atom is 0.177 e. The van der Waals surface area contributed by atoms with Crippen LogP contribution in [0.5, 0.6) is 0 Å². The second kappa shape index (κ2) is 6.51. The van der Waals surface area contributed by atoms with Gasteiger partial charge in [0, 0.05) is 37.5 Å². The highest BCUT2D eigenvalue weighted by Crippen LogP contribution is 2.29. The first-order chi connectivity index (χ1) is 11.4. The van der Waals surface area contributed by atoms with Gasteiger partial charge < -0.3 is 9.47 Å². The van der Waals surface area contributed by atoms with Crippen molar-refractivity contribution in [2.75, 3.05) is 24.2 Å². The monoisotopic (exact) mass is 349 g/mol. The molecule has 1 unspecified atom stereocenters. The lowest BCUT2D eigenvalue weighted by Gasteiger charge is -2.33. The van der Waals surface area contributed by atoms with Crippen molar-refractivity contribution in [1.29, 1.82) is 0 Å². The Balaban J connectivity index is 1.79. The number of hydrogen-bond donors (Lipinski definition) is 0. The highest BCUT2D eigenvalue weighted by atomic mass is 32.2. The van der Waals surface area contributed by atoms with Crippen LogP contribution in [0.3, 0.4) is 0 Å². The normalized spacial score (nSPS) is 19.0. The summed E-state index contributed by atoms with van der Waals surface area (Å²) in [6.45, 7) is 5.98. The number of sulfone groups is 1. The van der Waals surface area contributed by atoms with Crippen LogP contribution in [0.4, 0.5) is 5.82 Å². The van der Waals surface area contributed by atoms with E-state index in [0.29, 0.717) is 12.0 Å². The zero-order valence-electron chi connectivity index (χ0n) is 14.3. The standard InChI is InChI=1S/C16H23N5O2S/c1-12(2)21-11-18-19-16(21)13-5-4-8-20(10-13)15-7-6-14(9-17-15)24(3,22)23/h6-7,9,11-13H,4-5,8,10H2,1-3H3. The van der Waals surface area contributed by atoms with Crippen LogP contribution < -0.4 is 4.90 Å². The molecule has 2 aromatic rings. The van der Waals surface area contributed by atoms with Gasteiger partial charge in [-0.25, -0.2) is 13.4 Å². The molecule has 1 saturated heterocycles. The average Bonchev–Trinajstić information content (AvgIpc) is 3.04. The van der Waals surface area contributed by atoms with Crippen LogP contribution in [0, 0.1) is 0 Å². The van der Waals surface area contributed by atoms with E-state index < -0.39 is 9.84 Å². The van der Waals surface area contributed by atoms with Crippen LogP contribution in [0.2, 0.25) is 0 Å². The quantitative estimate of drug-likeness (QED) is 0.840. The molecular weight excluding hydrogens is 326 g/mol. The third-order valence-electron chi connectivity index (χ3n) is 4.42. The van der Waals surface area contributed by atoms with E-state index in [-0.39, 0.29) is 4.90 Å². The van der Waals surface area contributed by atoms with Gasteiger partial charge >= 0.3 is 0 Å². The van der Waals surface area contributed by atoms with Crippen LogP contribution >= 0.6 is 0 Å². The van der Waals surface area contributed by atoms with Crippen molar-refractivity contribution in [3.05, 3.63) is 30.5 Å². The molecule has 0 N–H and O–H groups in total. The van der Waals surface area contributed by atoms with E-state index in [0.717, 1.165) is 37.6 Å². The van der Waals surface area contributed by atoms with Crippen molar-refractivity contribution in [3.8, 4) is 0 Å². The number of piperidine rings is 1. The van der Waals surface area contributed by atoms with Gasteiger partial charge in [-0.15, -0.1) is 10.2 Å². The Bertz CT molecular complexity index is 798. The molecule has 1 aliphatic heterocycles. The van der Waals surface area contributed by atoms with Crippen LogP contribution in [0.1, 0.15) is 44.5 Å². The van der Waals surface area contributed by atoms with Crippen molar-refractivity contribution in [3.63, 3.8) is 0 Å². The van der Waals surface area contributed by atoms with Crippen molar-refractivity contribution in [2.45, 2.75) is 43.5 Å². The molecule has 3 rings (SSSR count). The fourth-order valence-electron chi connectivity index (χ4n) is 3.12. The fraction of sp³-hybridized carbons (Fsp3) is 0.562. The van der Waals surface area contributed by atoms with Gasteiger partial charge in [0.1, 0.15) is 18.0 Å². The maximum absolute atomic E-state index is 11.6. The minimum absolute atomic E-state index is 0.249. The molecule has 0 spiro atoms. The predicted octanol–water partition coefficient (Wildman–Crippen LogP) is 2.04. The third-order valence-corrected chi connectivity index (χ3v) is 5.51. The van der Waals surface area contributed by atoms with E-state index in [1.54, 1.807) is 18.5 Å². The predicted molar refractivity (Wildman–Crippen MR) is 91.9 cm³/mol. The van der Waals surface area contributed by atoms with Gasteiger partial charge in [0.05, 0.1) is 4.90 Å². The zero-order chi connectivity index (χ0) is 17.3. The zero-order valence-corrected chi connectivity index (χ0v) is 15.1. The molecule has 1 aliphatic rings. The summed E-state index contributed by atoms with van der Waals surface area (Å²) in [4.78, 5) is 6.79. The van der Waals surface area contributed by atoms with Crippen molar-refractivity contribution in [1.82, 2.24) is 19.7 Å². The Morgan fingerprint density at radius 2 is 2.08 bits per heavy atom. The van der Waals surface area contributed by atoms with Gasteiger partial charge in [-0.2, -0.15) is 0 Å². The van der Waals surface area contributed by atoms with Gasteiger partial charge in [0.25, 0.3) is 0 Å². The second-order valence-electron chi connectivity index (χ2n) is 6.60.